The van der Waals surface area contributed by atoms with E-state index in [-0.39, 0.29) is 6.04 Å². The third-order valence-electron chi connectivity index (χ3n) is 5.21. The molecule has 1 aromatic heterocycles. The smallest absolute Gasteiger partial charge is 0.140 e. The fourth-order valence-corrected chi connectivity index (χ4v) is 4.28. The van der Waals surface area contributed by atoms with Crippen molar-refractivity contribution in [2.24, 2.45) is 0 Å². The van der Waals surface area contributed by atoms with Gasteiger partial charge in [0.25, 0.3) is 0 Å². The molecule has 3 nitrogen and oxygen atoms in total. The lowest BCUT2D eigenvalue weighted by Crippen LogP contribution is -2.31. The van der Waals surface area contributed by atoms with Crippen molar-refractivity contribution in [3.05, 3.63) is 63.3 Å². The van der Waals surface area contributed by atoms with E-state index in [1.165, 1.54) is 27.7 Å². The first-order chi connectivity index (χ1) is 12.1. The molecule has 130 valence electrons. The van der Waals surface area contributed by atoms with Crippen LogP contribution in [0.1, 0.15) is 34.0 Å². The highest BCUT2D eigenvalue weighted by atomic mass is 35.5. The van der Waals surface area contributed by atoms with Crippen molar-refractivity contribution in [1.82, 2.24) is 10.3 Å². The predicted octanol–water partition coefficient (Wildman–Crippen LogP) is 4.88. The largest absolute Gasteiger partial charge is 0.495 e. The Morgan fingerprint density at radius 3 is 2.84 bits per heavy atom. The zero-order valence-corrected chi connectivity index (χ0v) is 15.6. The number of aryl methyl sites for hydroxylation is 2. The fourth-order valence-electron chi connectivity index (χ4n) is 3.92. The van der Waals surface area contributed by atoms with E-state index in [1.807, 2.05) is 6.92 Å². The third-order valence-corrected chi connectivity index (χ3v) is 5.63. The summed E-state index contributed by atoms with van der Waals surface area (Å²) in [5, 5.41) is 5.73. The molecule has 0 aliphatic carbocycles. The summed E-state index contributed by atoms with van der Waals surface area (Å²) in [5.41, 5.74) is 7.44. The number of aromatic nitrogens is 1. The van der Waals surface area contributed by atoms with Crippen LogP contribution in [0.4, 0.5) is 0 Å². The van der Waals surface area contributed by atoms with Crippen molar-refractivity contribution < 1.29 is 4.74 Å². The van der Waals surface area contributed by atoms with Crippen molar-refractivity contribution in [1.29, 1.82) is 0 Å². The number of rotatable bonds is 3. The highest BCUT2D eigenvalue weighted by Crippen LogP contribution is 2.36. The van der Waals surface area contributed by atoms with E-state index >= 15 is 0 Å². The van der Waals surface area contributed by atoms with Gasteiger partial charge in [-0.3, -0.25) is 0 Å². The number of halogens is 1. The molecule has 0 saturated carbocycles. The third kappa shape index (κ3) is 2.82. The van der Waals surface area contributed by atoms with E-state index in [1.54, 1.807) is 7.11 Å². The minimum Gasteiger partial charge on any atom is -0.495 e. The van der Waals surface area contributed by atoms with Gasteiger partial charge in [-0.15, -0.1) is 0 Å². The van der Waals surface area contributed by atoms with Crippen LogP contribution in [0.3, 0.4) is 0 Å². The van der Waals surface area contributed by atoms with Crippen LogP contribution < -0.4 is 10.1 Å². The van der Waals surface area contributed by atoms with Crippen molar-refractivity contribution in [2.45, 2.75) is 32.7 Å². The first-order valence-corrected chi connectivity index (χ1v) is 9.12. The van der Waals surface area contributed by atoms with Gasteiger partial charge in [-0.2, -0.15) is 0 Å². The highest BCUT2D eigenvalue weighted by molar-refractivity contribution is 6.33. The predicted molar refractivity (Wildman–Crippen MR) is 104 cm³/mol. The van der Waals surface area contributed by atoms with Crippen LogP contribution in [0.15, 0.2) is 30.3 Å². The van der Waals surface area contributed by atoms with Crippen molar-refractivity contribution in [2.75, 3.05) is 13.7 Å². The molecule has 0 spiro atoms. The molecule has 0 fully saturated rings. The van der Waals surface area contributed by atoms with Crippen molar-refractivity contribution >= 4 is 22.5 Å². The van der Waals surface area contributed by atoms with E-state index in [2.05, 4.69) is 47.6 Å². The molecule has 1 aliphatic rings. The number of aromatic amines is 1. The normalized spacial score (nSPS) is 16.9. The molecule has 0 amide bonds. The quantitative estimate of drug-likeness (QED) is 0.703. The zero-order valence-electron chi connectivity index (χ0n) is 14.9. The lowest BCUT2D eigenvalue weighted by Gasteiger charge is -2.25. The molecule has 1 aliphatic heterocycles. The summed E-state index contributed by atoms with van der Waals surface area (Å²) < 4.78 is 5.48. The van der Waals surface area contributed by atoms with E-state index in [9.17, 15) is 0 Å². The van der Waals surface area contributed by atoms with Crippen molar-refractivity contribution in [3.8, 4) is 5.75 Å². The molecule has 2 N–H and O–H groups in total. The first-order valence-electron chi connectivity index (χ1n) is 8.75. The van der Waals surface area contributed by atoms with Crippen LogP contribution >= 0.6 is 11.6 Å². The summed E-state index contributed by atoms with van der Waals surface area (Å²) in [4.78, 5) is 3.64. The number of nitrogens with one attached hydrogen (secondary N) is 2. The summed E-state index contributed by atoms with van der Waals surface area (Å²) in [6.45, 7) is 5.15. The Morgan fingerprint density at radius 1 is 1.20 bits per heavy atom. The lowest BCUT2D eigenvalue weighted by atomic mass is 9.94. The van der Waals surface area contributed by atoms with Gasteiger partial charge >= 0.3 is 0 Å². The second-order valence-electron chi connectivity index (χ2n) is 6.92. The molecule has 1 unspecified atom stereocenters. The van der Waals surface area contributed by atoms with Gasteiger partial charge in [0, 0.05) is 16.6 Å². The van der Waals surface area contributed by atoms with E-state index < -0.39 is 0 Å². The maximum Gasteiger partial charge on any atom is 0.140 e. The number of fused-ring (bicyclic) bond motifs is 3. The van der Waals surface area contributed by atoms with Crippen LogP contribution in [0, 0.1) is 13.8 Å². The average Bonchev–Trinajstić information content (AvgIpc) is 2.97. The van der Waals surface area contributed by atoms with Crippen LogP contribution in [0.25, 0.3) is 10.9 Å². The molecule has 2 aromatic carbocycles. The zero-order chi connectivity index (χ0) is 17.6. The minimum absolute atomic E-state index is 0.237. The minimum atomic E-state index is 0.237. The monoisotopic (exact) mass is 354 g/mol. The van der Waals surface area contributed by atoms with E-state index in [0.29, 0.717) is 0 Å². The molecule has 2 heterocycles. The Hall–Kier alpha value is -1.97. The first kappa shape index (κ1) is 16.5. The number of benzene rings is 2. The second-order valence-corrected chi connectivity index (χ2v) is 7.29. The molecule has 3 aromatic rings. The summed E-state index contributed by atoms with van der Waals surface area (Å²) in [6, 6.07) is 11.1. The van der Waals surface area contributed by atoms with Gasteiger partial charge in [0.1, 0.15) is 5.75 Å². The maximum absolute atomic E-state index is 6.60. The van der Waals surface area contributed by atoms with Crippen molar-refractivity contribution in [3.63, 3.8) is 0 Å². The topological polar surface area (TPSA) is 37.0 Å². The molecular weight excluding hydrogens is 332 g/mol. The standard InChI is InChI=1S/C21H23ClN2O/c1-12-4-7-17-16(10-12)15-8-9-23-18(20(15)24-17)11-14-6-5-13(2)21(25-3)19(14)22/h4-7,10,18,23-24H,8-9,11H2,1-3H3. The van der Waals surface area contributed by atoms with E-state index in [0.717, 1.165) is 41.3 Å². The van der Waals surface area contributed by atoms with Crippen LogP contribution in [-0.2, 0) is 12.8 Å². The van der Waals surface area contributed by atoms with Gasteiger partial charge in [-0.05, 0) is 62.1 Å². The summed E-state index contributed by atoms with van der Waals surface area (Å²) in [7, 11) is 1.68. The Bertz CT molecular complexity index is 945. The average molecular weight is 355 g/mol. The number of hydrogen-bond acceptors (Lipinski definition) is 2. The van der Waals surface area contributed by atoms with Gasteiger partial charge in [-0.1, -0.05) is 35.4 Å². The van der Waals surface area contributed by atoms with Gasteiger partial charge < -0.3 is 15.0 Å². The SMILES string of the molecule is COc1c(C)ccc(CC2NCCc3c2[nH]c2ccc(C)cc32)c1Cl. The molecule has 25 heavy (non-hydrogen) atoms. The molecule has 0 bridgehead atoms. The van der Waals surface area contributed by atoms with Crippen LogP contribution in [0.5, 0.6) is 5.75 Å². The fraction of sp³-hybridized carbons (Fsp3) is 0.333. The van der Waals surface area contributed by atoms with Gasteiger partial charge in [0.2, 0.25) is 0 Å². The van der Waals surface area contributed by atoms with Crippen LogP contribution in [-0.4, -0.2) is 18.6 Å². The Balaban J connectivity index is 1.74. The summed E-state index contributed by atoms with van der Waals surface area (Å²) in [5.74, 6) is 0.780. The summed E-state index contributed by atoms with van der Waals surface area (Å²) >= 11 is 6.60. The number of ether oxygens (including phenoxy) is 1. The van der Waals surface area contributed by atoms with Gasteiger partial charge in [0.05, 0.1) is 18.2 Å². The number of H-pyrrole nitrogens is 1. The van der Waals surface area contributed by atoms with Gasteiger partial charge in [0.15, 0.2) is 0 Å². The molecule has 0 radical (unpaired) electrons. The Kier molecular flexibility index (Phi) is 4.22. The summed E-state index contributed by atoms with van der Waals surface area (Å²) in [6.07, 6.45) is 1.90. The van der Waals surface area contributed by atoms with Crippen LogP contribution in [0.2, 0.25) is 5.02 Å². The lowest BCUT2D eigenvalue weighted by molar-refractivity contribution is 0.410. The second kappa shape index (κ2) is 6.40. The Labute approximate surface area is 153 Å². The van der Waals surface area contributed by atoms with E-state index in [4.69, 9.17) is 16.3 Å². The number of hydrogen-bond donors (Lipinski definition) is 2. The maximum atomic E-state index is 6.60. The number of methoxy groups -OCH3 is 1. The molecule has 0 saturated heterocycles. The molecule has 1 atom stereocenters. The Morgan fingerprint density at radius 2 is 2.04 bits per heavy atom. The molecular formula is C21H23ClN2O. The molecule has 4 heteroatoms. The highest BCUT2D eigenvalue weighted by Gasteiger charge is 2.25. The molecule has 4 rings (SSSR count). The van der Waals surface area contributed by atoms with Gasteiger partial charge in [-0.25, -0.2) is 0 Å².